The molecule has 0 aromatic heterocycles. The molecule has 4 nitrogen and oxygen atoms in total. The van der Waals surface area contributed by atoms with E-state index in [1.165, 1.54) is 167 Å². The van der Waals surface area contributed by atoms with E-state index in [1.54, 1.807) is 0 Å². The summed E-state index contributed by atoms with van der Waals surface area (Å²) in [7, 11) is 0. The molecule has 0 aromatic rings. The monoisotopic (exact) mass is 622 g/mol. The van der Waals surface area contributed by atoms with Crippen LogP contribution in [0.15, 0.2) is 12.2 Å². The molecule has 0 saturated carbocycles. The number of unbranched alkanes of at least 4 members (excludes halogenated alkanes) is 27. The number of hydrogen-bond acceptors (Lipinski definition) is 3. The molecule has 0 heterocycles. The van der Waals surface area contributed by atoms with E-state index in [-0.39, 0.29) is 12.5 Å². The molecule has 0 radical (unpaired) electrons. The predicted octanol–water partition coefficient (Wildman–Crippen LogP) is 11.9. The van der Waals surface area contributed by atoms with Crippen LogP contribution in [-0.2, 0) is 4.79 Å². The Morgan fingerprint density at radius 1 is 0.523 bits per heavy atom. The Labute approximate surface area is 276 Å². The number of aliphatic hydroxyl groups is 2. The van der Waals surface area contributed by atoms with Crippen molar-refractivity contribution >= 4 is 5.91 Å². The molecule has 2 atom stereocenters. The molecule has 0 saturated heterocycles. The predicted molar refractivity (Wildman–Crippen MR) is 193 cm³/mol. The fourth-order valence-corrected chi connectivity index (χ4v) is 6.18. The SMILES string of the molecule is CCCCCCCC/C=C/CCCCCCCC(=O)N[C@@H](CO)[C@H](O)CCCCCCCCCCCCCCCCCCC. The second-order valence-electron chi connectivity index (χ2n) is 13.7. The molecule has 0 bridgehead atoms. The average Bonchev–Trinajstić information content (AvgIpc) is 3.03. The maximum atomic E-state index is 12.3. The Hall–Kier alpha value is -0.870. The zero-order valence-corrected chi connectivity index (χ0v) is 29.9. The van der Waals surface area contributed by atoms with Gasteiger partial charge in [0.25, 0.3) is 0 Å². The molecule has 0 unspecified atom stereocenters. The Balaban J connectivity index is 3.53. The van der Waals surface area contributed by atoms with Crippen molar-refractivity contribution in [1.82, 2.24) is 5.32 Å². The highest BCUT2D eigenvalue weighted by Crippen LogP contribution is 2.16. The van der Waals surface area contributed by atoms with E-state index in [4.69, 9.17) is 0 Å². The van der Waals surface area contributed by atoms with E-state index < -0.39 is 12.1 Å². The maximum absolute atomic E-state index is 12.3. The van der Waals surface area contributed by atoms with Gasteiger partial charge < -0.3 is 15.5 Å². The summed E-state index contributed by atoms with van der Waals surface area (Å²) < 4.78 is 0. The van der Waals surface area contributed by atoms with Gasteiger partial charge in [0.15, 0.2) is 0 Å². The van der Waals surface area contributed by atoms with Gasteiger partial charge in [-0.2, -0.15) is 0 Å². The van der Waals surface area contributed by atoms with Crippen LogP contribution in [0.5, 0.6) is 0 Å². The van der Waals surface area contributed by atoms with E-state index in [0.717, 1.165) is 25.7 Å². The topological polar surface area (TPSA) is 69.6 Å². The summed E-state index contributed by atoms with van der Waals surface area (Å²) in [6, 6.07) is -0.535. The van der Waals surface area contributed by atoms with Crippen LogP contribution in [0, 0.1) is 0 Å². The van der Waals surface area contributed by atoms with Crippen molar-refractivity contribution in [3.05, 3.63) is 12.2 Å². The number of carbonyl (C=O) groups excluding carboxylic acids is 1. The molecule has 262 valence electrons. The first-order valence-electron chi connectivity index (χ1n) is 19.9. The number of hydrogen-bond donors (Lipinski definition) is 3. The third-order valence-corrected chi connectivity index (χ3v) is 9.28. The van der Waals surface area contributed by atoms with Gasteiger partial charge in [0, 0.05) is 6.42 Å². The average molecular weight is 622 g/mol. The molecule has 0 aliphatic rings. The van der Waals surface area contributed by atoms with Crippen molar-refractivity contribution in [3.63, 3.8) is 0 Å². The van der Waals surface area contributed by atoms with Crippen molar-refractivity contribution < 1.29 is 15.0 Å². The van der Waals surface area contributed by atoms with Crippen molar-refractivity contribution in [3.8, 4) is 0 Å². The fraction of sp³-hybridized carbons (Fsp3) is 0.925. The Kier molecular flexibility index (Phi) is 35.9. The van der Waals surface area contributed by atoms with Crippen LogP contribution >= 0.6 is 0 Å². The molecule has 0 aliphatic heterocycles. The summed E-state index contributed by atoms with van der Waals surface area (Å²) in [6.07, 6.45) is 44.1. The number of allylic oxidation sites excluding steroid dienone is 2. The molecular weight excluding hydrogens is 542 g/mol. The van der Waals surface area contributed by atoms with E-state index in [9.17, 15) is 15.0 Å². The van der Waals surface area contributed by atoms with Crippen LogP contribution in [0.1, 0.15) is 219 Å². The summed E-state index contributed by atoms with van der Waals surface area (Å²) >= 11 is 0. The lowest BCUT2D eigenvalue weighted by atomic mass is 10.0. The van der Waals surface area contributed by atoms with Crippen LogP contribution < -0.4 is 5.32 Å². The fourth-order valence-electron chi connectivity index (χ4n) is 6.18. The Morgan fingerprint density at radius 2 is 0.864 bits per heavy atom. The standard InChI is InChI=1S/C40H79NO3/c1-3-5-7-9-11-13-15-17-19-20-22-23-25-27-29-31-33-35-39(43)38(37-42)41-40(44)36-34-32-30-28-26-24-21-18-16-14-12-10-8-6-4-2/h18,21,38-39,42-43H,3-17,19-20,22-37H2,1-2H3,(H,41,44)/b21-18+/t38-,39+/m0/s1. The largest absolute Gasteiger partial charge is 0.394 e. The number of amides is 1. The summed E-state index contributed by atoms with van der Waals surface area (Å²) in [5, 5.41) is 23.1. The van der Waals surface area contributed by atoms with Gasteiger partial charge in [-0.25, -0.2) is 0 Å². The molecule has 1 amide bonds. The number of carbonyl (C=O) groups is 1. The maximum Gasteiger partial charge on any atom is 0.220 e. The van der Waals surface area contributed by atoms with E-state index in [1.807, 2.05) is 0 Å². The van der Waals surface area contributed by atoms with Crippen LogP contribution in [0.3, 0.4) is 0 Å². The van der Waals surface area contributed by atoms with Gasteiger partial charge in [-0.05, 0) is 38.5 Å². The molecular formula is C40H79NO3. The Morgan fingerprint density at radius 3 is 1.25 bits per heavy atom. The molecule has 0 aliphatic carbocycles. The van der Waals surface area contributed by atoms with Gasteiger partial charge in [-0.15, -0.1) is 0 Å². The summed E-state index contributed by atoms with van der Waals surface area (Å²) in [6.45, 7) is 4.35. The highest BCUT2D eigenvalue weighted by atomic mass is 16.3. The minimum atomic E-state index is -0.658. The smallest absolute Gasteiger partial charge is 0.220 e. The van der Waals surface area contributed by atoms with Crippen molar-refractivity contribution in [1.29, 1.82) is 0 Å². The highest BCUT2D eigenvalue weighted by Gasteiger charge is 2.19. The summed E-state index contributed by atoms with van der Waals surface area (Å²) in [4.78, 5) is 12.3. The van der Waals surface area contributed by atoms with Crippen LogP contribution in [0.4, 0.5) is 0 Å². The number of aliphatic hydroxyl groups excluding tert-OH is 2. The summed E-state index contributed by atoms with van der Waals surface area (Å²) in [5.74, 6) is -0.0388. The molecule has 3 N–H and O–H groups in total. The van der Waals surface area contributed by atoms with E-state index in [2.05, 4.69) is 31.3 Å². The second-order valence-corrected chi connectivity index (χ2v) is 13.7. The van der Waals surface area contributed by atoms with Gasteiger partial charge in [0.2, 0.25) is 5.91 Å². The third-order valence-electron chi connectivity index (χ3n) is 9.28. The Bertz CT molecular complexity index is 593. The first-order valence-corrected chi connectivity index (χ1v) is 19.9. The van der Waals surface area contributed by atoms with Crippen molar-refractivity contribution in [2.24, 2.45) is 0 Å². The second kappa shape index (κ2) is 36.6. The van der Waals surface area contributed by atoms with Crippen LogP contribution in [0.25, 0.3) is 0 Å². The lowest BCUT2D eigenvalue weighted by molar-refractivity contribution is -0.123. The highest BCUT2D eigenvalue weighted by molar-refractivity contribution is 5.76. The van der Waals surface area contributed by atoms with Gasteiger partial charge in [0.1, 0.15) is 0 Å². The van der Waals surface area contributed by atoms with Gasteiger partial charge >= 0.3 is 0 Å². The lowest BCUT2D eigenvalue weighted by Gasteiger charge is -2.22. The summed E-state index contributed by atoms with van der Waals surface area (Å²) in [5.41, 5.74) is 0. The minimum absolute atomic E-state index is 0.0388. The zero-order valence-electron chi connectivity index (χ0n) is 29.9. The van der Waals surface area contributed by atoms with Crippen LogP contribution in [-0.4, -0.2) is 34.9 Å². The van der Waals surface area contributed by atoms with E-state index in [0.29, 0.717) is 12.8 Å². The molecule has 0 spiro atoms. The van der Waals surface area contributed by atoms with Gasteiger partial charge in [0.05, 0.1) is 18.8 Å². The molecule has 44 heavy (non-hydrogen) atoms. The quantitative estimate of drug-likeness (QED) is 0.0481. The molecule has 4 heteroatoms. The first kappa shape index (κ1) is 43.1. The third kappa shape index (κ3) is 32.5. The van der Waals surface area contributed by atoms with Gasteiger partial charge in [-0.3, -0.25) is 4.79 Å². The number of rotatable bonds is 36. The zero-order chi connectivity index (χ0) is 32.2. The van der Waals surface area contributed by atoms with Crippen LogP contribution in [0.2, 0.25) is 0 Å². The van der Waals surface area contributed by atoms with Crippen molar-refractivity contribution in [2.45, 2.75) is 231 Å². The molecule has 0 aromatic carbocycles. The first-order chi connectivity index (χ1) is 21.7. The lowest BCUT2D eigenvalue weighted by Crippen LogP contribution is -2.45. The molecule has 0 fully saturated rings. The number of nitrogens with one attached hydrogen (secondary N) is 1. The van der Waals surface area contributed by atoms with Crippen molar-refractivity contribution in [2.75, 3.05) is 6.61 Å². The van der Waals surface area contributed by atoms with E-state index >= 15 is 0 Å². The minimum Gasteiger partial charge on any atom is -0.394 e. The normalized spacial score (nSPS) is 13.1. The van der Waals surface area contributed by atoms with Gasteiger partial charge in [-0.1, -0.05) is 187 Å². The molecule has 0 rings (SSSR count).